The van der Waals surface area contributed by atoms with Gasteiger partial charge in [0.2, 0.25) is 53.4 Å². The quantitative estimate of drug-likeness (QED) is 0.0921. The SMILES string of the molecule is CC(C)C[C@H](C(=O)N[C@H]1C(=O)N[C@@H](CC(N)=O)C(=O)N[C@H]2C(=O)NC3C(=O)NC(C(=O)N[C@H](C(=O)O)C4CC(O)=CC(O)=C4C4C=C3C=CC4O)[C@H](OC3CC(C)(N)C(O)C(C)O3)c3ccc(c(Cl)c3)Oc3cc2cc(c3OC2OC(CO)C(O)C(O)C2OC2CC(C)(N)C(O)C(C)O2)Oc2ccc(cc2Cl)[C@H]1O)N(C)C. The number of benzene rings is 3. The van der Waals surface area contributed by atoms with Crippen LogP contribution in [0.4, 0.5) is 0 Å². The molecule has 0 radical (unpaired) electrons. The number of carboxylic acids is 1. The second kappa shape index (κ2) is 33.8. The standard InChI is InChI=1S/C74H94Cl2N10O26/c1-27(2)15-40(86(7)8)66(98)84-55-57(92)31-10-13-43(37(75)17-31)107-45-19-33-20-46(61(45)112-72-62(59(94)58(93)47(26-87)109-72)111-50-25-74(6,79)64(96)29(4)106-50)108-44-14-11-32(18-38(44)76)60(110-49-24-73(5,78)63(95)28(3)105-49)56-70(102)83-54(71(103)104)36-21-34(88)22-42(90)51(36)35-16-30(9-12-41(35)89)52(67(99)85-56)82-68(100)53(33)81-65(97)39(23-48(77)91)80-69(55)101/h9-14,16-20,22,27-29,35-36,39-41,47,49-50,52-60,62-64,72,87-90,92-96H,15,21,23-26,78-79H2,1-8H3,(H2,77,91)(H,80,101)(H,81,97)(H,82,100)(H,83,102)(H,84,98)(H,85,99)(H,103,104)/t28?,29?,35?,36?,39-,40+,41?,47?,49?,50?,52?,53+,54-,55+,56?,57+,58?,59?,60+,62?,63?,64?,72?,73?,74?/m0/s1. The molecule has 610 valence electrons. The van der Waals surface area contributed by atoms with Gasteiger partial charge >= 0.3 is 5.97 Å². The number of aliphatic carboxylic acids is 1. The van der Waals surface area contributed by atoms with Gasteiger partial charge in [-0.25, -0.2) is 4.79 Å². The second-order valence-corrected chi connectivity index (χ2v) is 31.4. The number of nitrogens with zero attached hydrogens (tertiary/aromatic N) is 1. The summed E-state index contributed by atoms with van der Waals surface area (Å²) in [7, 11) is 3.20. The van der Waals surface area contributed by atoms with Crippen LogP contribution in [0, 0.1) is 17.8 Å². The summed E-state index contributed by atoms with van der Waals surface area (Å²) in [5.41, 5.74) is 14.8. The summed E-state index contributed by atoms with van der Waals surface area (Å²) in [6.45, 7) is 8.66. The molecule has 0 aromatic heterocycles. The van der Waals surface area contributed by atoms with Crippen molar-refractivity contribution in [3.05, 3.63) is 122 Å². The van der Waals surface area contributed by atoms with Crippen LogP contribution in [-0.4, -0.2) is 245 Å². The number of fused-ring (bicyclic) bond motifs is 14. The van der Waals surface area contributed by atoms with E-state index in [9.17, 15) is 65.4 Å². The van der Waals surface area contributed by atoms with Crippen molar-refractivity contribution in [2.75, 3.05) is 20.7 Å². The molecule has 13 rings (SSSR count). The Bertz CT molecular complexity index is 4270. The maximum absolute atomic E-state index is 16.4. The molecule has 3 aromatic rings. The van der Waals surface area contributed by atoms with E-state index in [1.807, 2.05) is 13.8 Å². The number of hydrogen-bond acceptors (Lipinski definition) is 28. The lowest BCUT2D eigenvalue weighted by molar-refractivity contribution is -0.333. The van der Waals surface area contributed by atoms with Crippen LogP contribution in [0.25, 0.3) is 0 Å². The molecule has 0 spiro atoms. The zero-order chi connectivity index (χ0) is 81.8. The summed E-state index contributed by atoms with van der Waals surface area (Å²) in [6, 6.07) is -4.70. The van der Waals surface area contributed by atoms with Crippen molar-refractivity contribution in [2.24, 2.45) is 35.0 Å². The molecule has 22 N–H and O–H groups in total. The lowest BCUT2D eigenvalue weighted by Gasteiger charge is -2.47. The van der Waals surface area contributed by atoms with Gasteiger partial charge < -0.3 is 138 Å². The number of ether oxygens (including phenoxy) is 8. The number of carbonyl (C=O) groups is 8. The Morgan fingerprint density at radius 3 is 1.87 bits per heavy atom. The molecule has 3 saturated heterocycles. The number of rotatable bonds is 15. The van der Waals surface area contributed by atoms with Crippen LogP contribution in [0.3, 0.4) is 0 Å². The minimum atomic E-state index is -2.36. The third-order valence-corrected chi connectivity index (χ3v) is 21.7. The summed E-state index contributed by atoms with van der Waals surface area (Å²) in [5.74, 6) is -17.9. The third kappa shape index (κ3) is 18.0. The number of amides is 7. The molecule has 8 aliphatic heterocycles. The first-order valence-electron chi connectivity index (χ1n) is 36.2. The molecule has 25 atom stereocenters. The summed E-state index contributed by atoms with van der Waals surface area (Å²) in [5, 5.41) is 130. The number of nitrogens with one attached hydrogen (secondary N) is 6. The number of likely N-dealkylation sites (N-methyl/N-ethyl adjacent to an activating group) is 1. The topological polar surface area (TPSA) is 566 Å². The molecular weight excluding hydrogens is 1520 g/mol. The summed E-state index contributed by atoms with van der Waals surface area (Å²) in [6.07, 6.45) is -20.5. The van der Waals surface area contributed by atoms with Crippen LogP contribution < -0.4 is 63.3 Å². The second-order valence-electron chi connectivity index (χ2n) is 30.6. The van der Waals surface area contributed by atoms with Crippen molar-refractivity contribution in [1.82, 2.24) is 36.8 Å². The number of aliphatic hydroxyl groups is 9. The Kier molecular flexibility index (Phi) is 25.4. The van der Waals surface area contributed by atoms with Crippen molar-refractivity contribution in [1.29, 1.82) is 0 Å². The fourth-order valence-electron chi connectivity index (χ4n) is 15.1. The van der Waals surface area contributed by atoms with Gasteiger partial charge in [0.25, 0.3) is 0 Å². The van der Waals surface area contributed by atoms with Crippen LogP contribution in [0.1, 0.15) is 109 Å². The monoisotopic (exact) mass is 1610 g/mol. The molecule has 11 bridgehead atoms. The number of carbonyl (C=O) groups excluding carboxylic acids is 7. The molecule has 8 heterocycles. The Labute approximate surface area is 651 Å². The van der Waals surface area contributed by atoms with E-state index in [-0.39, 0.29) is 64.0 Å². The number of primary amides is 1. The van der Waals surface area contributed by atoms with E-state index in [2.05, 4.69) is 31.9 Å². The van der Waals surface area contributed by atoms with Crippen LogP contribution in [-0.2, 0) is 62.0 Å². The van der Waals surface area contributed by atoms with Crippen molar-refractivity contribution in [2.45, 2.75) is 213 Å². The smallest absolute Gasteiger partial charge is 0.326 e. The number of allylic oxidation sites excluding steroid dienone is 2. The van der Waals surface area contributed by atoms with E-state index < -0.39 is 257 Å². The summed E-state index contributed by atoms with van der Waals surface area (Å²) in [4.78, 5) is 122. The third-order valence-electron chi connectivity index (χ3n) is 21.1. The maximum Gasteiger partial charge on any atom is 0.326 e. The normalized spacial score (nSPS) is 35.4. The van der Waals surface area contributed by atoms with Crippen molar-refractivity contribution < 1.29 is 127 Å². The van der Waals surface area contributed by atoms with Crippen LogP contribution in [0.5, 0.6) is 28.7 Å². The van der Waals surface area contributed by atoms with E-state index in [4.69, 9.17) is 78.3 Å². The molecule has 7 amide bonds. The summed E-state index contributed by atoms with van der Waals surface area (Å²) >= 11 is 14.5. The van der Waals surface area contributed by atoms with Gasteiger partial charge in [0.05, 0.1) is 65.4 Å². The van der Waals surface area contributed by atoms with E-state index in [0.717, 1.165) is 30.4 Å². The summed E-state index contributed by atoms with van der Waals surface area (Å²) < 4.78 is 51.8. The Hall–Kier alpha value is -8.64. The molecule has 10 aliphatic rings. The molecule has 0 saturated carbocycles. The fraction of sp³-hybridized carbons (Fsp3) is 0.541. The fourth-order valence-corrected chi connectivity index (χ4v) is 15.6. The zero-order valence-electron chi connectivity index (χ0n) is 62.0. The predicted molar refractivity (Wildman–Crippen MR) is 391 cm³/mol. The minimum Gasteiger partial charge on any atom is -0.512 e. The number of hydrogen-bond donors (Lipinski definition) is 19. The first-order valence-corrected chi connectivity index (χ1v) is 36.9. The van der Waals surface area contributed by atoms with Gasteiger partial charge in [0.15, 0.2) is 30.2 Å². The highest BCUT2D eigenvalue weighted by Crippen LogP contribution is 2.50. The first kappa shape index (κ1) is 84.3. The highest BCUT2D eigenvalue weighted by molar-refractivity contribution is 6.32. The zero-order valence-corrected chi connectivity index (χ0v) is 63.5. The van der Waals surface area contributed by atoms with Crippen LogP contribution in [0.15, 0.2) is 95.5 Å². The predicted octanol–water partition coefficient (Wildman–Crippen LogP) is -0.396. The largest absolute Gasteiger partial charge is 0.512 e. The molecule has 112 heavy (non-hydrogen) atoms. The lowest BCUT2D eigenvalue weighted by Crippen LogP contribution is -2.64. The molecule has 3 fully saturated rings. The molecule has 18 unspecified atom stereocenters. The van der Waals surface area contributed by atoms with E-state index in [0.29, 0.717) is 0 Å². The molecular formula is C74H94Cl2N10O26. The minimum absolute atomic E-state index is 0.102. The number of aliphatic hydroxyl groups excluding tert-OH is 9. The van der Waals surface area contributed by atoms with E-state index in [1.54, 1.807) is 19.0 Å². The van der Waals surface area contributed by atoms with Crippen LogP contribution in [0.2, 0.25) is 10.0 Å². The highest BCUT2D eigenvalue weighted by Gasteiger charge is 2.53. The van der Waals surface area contributed by atoms with Gasteiger partial charge in [0.1, 0.15) is 84.0 Å². The van der Waals surface area contributed by atoms with E-state index >= 15 is 24.0 Å². The number of nitrogens with two attached hydrogens (primary N) is 3. The average molecular weight is 1610 g/mol. The molecule has 36 nitrogen and oxygen atoms in total. The number of halogens is 2. The van der Waals surface area contributed by atoms with Crippen LogP contribution >= 0.6 is 23.2 Å². The Morgan fingerprint density at radius 1 is 0.723 bits per heavy atom. The molecule has 38 heteroatoms. The molecule has 3 aromatic carbocycles. The van der Waals surface area contributed by atoms with Crippen molar-refractivity contribution >= 4 is 70.5 Å². The van der Waals surface area contributed by atoms with Gasteiger partial charge in [-0.2, -0.15) is 0 Å². The van der Waals surface area contributed by atoms with Gasteiger partial charge in [-0.15, -0.1) is 0 Å². The van der Waals surface area contributed by atoms with Gasteiger partial charge in [0, 0.05) is 48.3 Å². The number of carboxylic acid groups (broad SMARTS) is 1. The first-order chi connectivity index (χ1) is 52.6. The molecule has 2 aliphatic carbocycles. The van der Waals surface area contributed by atoms with Crippen molar-refractivity contribution in [3.63, 3.8) is 0 Å². The van der Waals surface area contributed by atoms with Gasteiger partial charge in [-0.3, -0.25) is 38.5 Å². The van der Waals surface area contributed by atoms with Gasteiger partial charge in [-0.05, 0) is 118 Å². The maximum atomic E-state index is 16.4. The van der Waals surface area contributed by atoms with E-state index in [1.165, 1.54) is 70.2 Å². The Morgan fingerprint density at radius 2 is 1.30 bits per heavy atom. The van der Waals surface area contributed by atoms with Gasteiger partial charge in [-0.1, -0.05) is 67.4 Å². The highest BCUT2D eigenvalue weighted by atomic mass is 35.5. The average Bonchev–Trinajstić information content (AvgIpc) is 0.766. The lowest BCUT2D eigenvalue weighted by atomic mass is 9.73. The van der Waals surface area contributed by atoms with Crippen molar-refractivity contribution in [3.8, 4) is 28.7 Å². The Balaban J connectivity index is 1.18.